The largest absolute Gasteiger partial charge is 0.393 e. The molecule has 0 radical (unpaired) electrons. The molecule has 0 bridgehead atoms. The molecule has 4 saturated carbocycles. The van der Waals surface area contributed by atoms with E-state index in [2.05, 4.69) is 20.8 Å². The van der Waals surface area contributed by atoms with E-state index < -0.39 is 5.60 Å². The van der Waals surface area contributed by atoms with Crippen molar-refractivity contribution in [3.05, 3.63) is 12.2 Å². The van der Waals surface area contributed by atoms with E-state index in [9.17, 15) is 15.0 Å². The monoisotopic (exact) mass is 416 g/mol. The Kier molecular flexibility index (Phi) is 6.03. The number of allylic oxidation sites excluding steroid dienone is 1. The second-order valence-corrected chi connectivity index (χ2v) is 12.2. The molecular formula is C27H44O3. The summed E-state index contributed by atoms with van der Waals surface area (Å²) in [6.07, 6.45) is 16.7. The van der Waals surface area contributed by atoms with E-state index >= 15 is 0 Å². The van der Waals surface area contributed by atoms with Crippen molar-refractivity contribution < 1.29 is 15.0 Å². The average Bonchev–Trinajstić information content (AvgIpc) is 3.05. The summed E-state index contributed by atoms with van der Waals surface area (Å²) < 4.78 is 0. The SMILES string of the molecule is CC(CC=CC(C)(O)C=O)[C@H]1CC[C@H]2[C@@H]3[C@H](O)CC4CCCC[C@]4(C)[C@H]3CC[C@]12C. The summed E-state index contributed by atoms with van der Waals surface area (Å²) in [5.41, 5.74) is -0.575. The average molecular weight is 417 g/mol. The van der Waals surface area contributed by atoms with Crippen molar-refractivity contribution in [2.24, 2.45) is 46.3 Å². The molecule has 4 fully saturated rings. The quantitative estimate of drug-likeness (QED) is 0.457. The minimum absolute atomic E-state index is 0.104. The van der Waals surface area contributed by atoms with Gasteiger partial charge in [0, 0.05) is 0 Å². The highest BCUT2D eigenvalue weighted by Crippen LogP contribution is 2.68. The predicted molar refractivity (Wildman–Crippen MR) is 121 cm³/mol. The summed E-state index contributed by atoms with van der Waals surface area (Å²) in [5.74, 6) is 3.79. The van der Waals surface area contributed by atoms with Gasteiger partial charge in [-0.05, 0) is 105 Å². The summed E-state index contributed by atoms with van der Waals surface area (Å²) in [4.78, 5) is 11.0. The third-order valence-electron chi connectivity index (χ3n) is 10.6. The van der Waals surface area contributed by atoms with Gasteiger partial charge in [-0.15, -0.1) is 0 Å². The van der Waals surface area contributed by atoms with Gasteiger partial charge in [0.2, 0.25) is 0 Å². The fourth-order valence-corrected chi connectivity index (χ4v) is 8.96. The molecule has 0 aromatic rings. The van der Waals surface area contributed by atoms with Crippen molar-refractivity contribution in [2.75, 3.05) is 0 Å². The van der Waals surface area contributed by atoms with E-state index in [1.165, 1.54) is 51.4 Å². The molecule has 0 aromatic heterocycles. The number of hydrogen-bond acceptors (Lipinski definition) is 3. The molecule has 10 atom stereocenters. The van der Waals surface area contributed by atoms with Gasteiger partial charge in [0.15, 0.2) is 6.29 Å². The van der Waals surface area contributed by atoms with Gasteiger partial charge in [0.1, 0.15) is 5.60 Å². The molecule has 0 aromatic carbocycles. The van der Waals surface area contributed by atoms with Crippen molar-refractivity contribution in [3.63, 3.8) is 0 Å². The standard InChI is InChI=1S/C27H44O3/c1-18(8-7-13-25(2,30)17-28)20-10-11-21-24-22(12-15-27(20,21)4)26(3)14-6-5-9-19(26)16-23(24)29/h7,13,17-24,29-30H,5-6,8-12,14-16H2,1-4H3/t18?,19?,20-,21+,22+,23-,24+,25?,26+,27-/m1/s1. The fraction of sp³-hybridized carbons (Fsp3) is 0.889. The minimum Gasteiger partial charge on any atom is -0.393 e. The molecule has 4 aliphatic carbocycles. The fourth-order valence-electron chi connectivity index (χ4n) is 8.96. The Hall–Kier alpha value is -0.670. The third kappa shape index (κ3) is 3.62. The maximum Gasteiger partial charge on any atom is 0.155 e. The zero-order chi connectivity index (χ0) is 21.7. The van der Waals surface area contributed by atoms with Crippen LogP contribution in [0.25, 0.3) is 0 Å². The van der Waals surface area contributed by atoms with Crippen molar-refractivity contribution in [1.82, 2.24) is 0 Å². The maximum absolute atomic E-state index is 11.3. The number of aliphatic hydroxyl groups is 2. The lowest BCUT2D eigenvalue weighted by molar-refractivity contribution is -0.164. The molecule has 3 heteroatoms. The van der Waals surface area contributed by atoms with Crippen LogP contribution < -0.4 is 0 Å². The van der Waals surface area contributed by atoms with E-state index in [0.29, 0.717) is 46.7 Å². The highest BCUT2D eigenvalue weighted by atomic mass is 16.3. The molecule has 0 saturated heterocycles. The van der Waals surface area contributed by atoms with Gasteiger partial charge >= 0.3 is 0 Å². The number of fused-ring (bicyclic) bond motifs is 5. The van der Waals surface area contributed by atoms with E-state index in [-0.39, 0.29) is 6.10 Å². The maximum atomic E-state index is 11.3. The van der Waals surface area contributed by atoms with Crippen LogP contribution in [0, 0.1) is 46.3 Å². The number of carbonyl (C=O) groups is 1. The Bertz CT molecular complexity index is 669. The first-order valence-electron chi connectivity index (χ1n) is 12.7. The minimum atomic E-state index is -1.35. The number of aldehydes is 1. The molecule has 4 rings (SSSR count). The third-order valence-corrected chi connectivity index (χ3v) is 10.6. The van der Waals surface area contributed by atoms with Gasteiger partial charge in [-0.2, -0.15) is 0 Å². The van der Waals surface area contributed by atoms with Crippen LogP contribution in [0.1, 0.15) is 91.9 Å². The zero-order valence-corrected chi connectivity index (χ0v) is 19.6. The molecule has 0 spiro atoms. The lowest BCUT2D eigenvalue weighted by Gasteiger charge is -2.62. The predicted octanol–water partition coefficient (Wildman–Crippen LogP) is 5.54. The van der Waals surface area contributed by atoms with Crippen LogP contribution in [0.15, 0.2) is 12.2 Å². The highest BCUT2D eigenvalue weighted by molar-refractivity contribution is 5.64. The molecular weight excluding hydrogens is 372 g/mol. The van der Waals surface area contributed by atoms with Crippen molar-refractivity contribution >= 4 is 6.29 Å². The normalized spacial score (nSPS) is 49.0. The summed E-state index contributed by atoms with van der Waals surface area (Å²) in [5, 5.41) is 21.3. The van der Waals surface area contributed by atoms with Gasteiger partial charge in [-0.1, -0.05) is 45.8 Å². The van der Waals surface area contributed by atoms with Crippen LogP contribution in [0.3, 0.4) is 0 Å². The second kappa shape index (κ2) is 8.03. The number of aliphatic hydroxyl groups excluding tert-OH is 1. The molecule has 0 aliphatic heterocycles. The van der Waals surface area contributed by atoms with Crippen LogP contribution in [0.5, 0.6) is 0 Å². The summed E-state index contributed by atoms with van der Waals surface area (Å²) >= 11 is 0. The Labute approximate surface area is 183 Å². The Morgan fingerprint density at radius 1 is 1.07 bits per heavy atom. The highest BCUT2D eigenvalue weighted by Gasteiger charge is 2.62. The van der Waals surface area contributed by atoms with Gasteiger partial charge < -0.3 is 10.2 Å². The Morgan fingerprint density at radius 2 is 1.80 bits per heavy atom. The van der Waals surface area contributed by atoms with Gasteiger partial charge in [-0.3, -0.25) is 4.79 Å². The summed E-state index contributed by atoms with van der Waals surface area (Å²) in [6, 6.07) is 0. The van der Waals surface area contributed by atoms with Crippen LogP contribution in [-0.4, -0.2) is 28.2 Å². The molecule has 0 heterocycles. The first-order valence-corrected chi connectivity index (χ1v) is 12.7. The molecule has 30 heavy (non-hydrogen) atoms. The van der Waals surface area contributed by atoms with E-state index in [1.807, 2.05) is 6.08 Å². The molecule has 170 valence electrons. The number of carbonyl (C=O) groups excluding carboxylic acids is 1. The molecule has 3 unspecified atom stereocenters. The van der Waals surface area contributed by atoms with Gasteiger partial charge in [-0.25, -0.2) is 0 Å². The van der Waals surface area contributed by atoms with Crippen molar-refractivity contribution in [3.8, 4) is 0 Å². The zero-order valence-electron chi connectivity index (χ0n) is 19.6. The van der Waals surface area contributed by atoms with Crippen LogP contribution >= 0.6 is 0 Å². The molecule has 0 amide bonds. The van der Waals surface area contributed by atoms with E-state index in [0.717, 1.165) is 18.8 Å². The molecule has 3 nitrogen and oxygen atoms in total. The second-order valence-electron chi connectivity index (χ2n) is 12.2. The Morgan fingerprint density at radius 3 is 2.53 bits per heavy atom. The first-order chi connectivity index (χ1) is 14.1. The topological polar surface area (TPSA) is 57.5 Å². The van der Waals surface area contributed by atoms with Crippen LogP contribution in [0.4, 0.5) is 0 Å². The van der Waals surface area contributed by atoms with Crippen LogP contribution in [0.2, 0.25) is 0 Å². The number of rotatable bonds is 5. The molecule has 4 aliphatic rings. The van der Waals surface area contributed by atoms with Gasteiger partial charge in [0.25, 0.3) is 0 Å². The summed E-state index contributed by atoms with van der Waals surface area (Å²) in [6.45, 7) is 8.98. The smallest absolute Gasteiger partial charge is 0.155 e. The summed E-state index contributed by atoms with van der Waals surface area (Å²) in [7, 11) is 0. The lowest BCUT2D eigenvalue weighted by Crippen LogP contribution is -2.57. The first kappa shape index (κ1) is 22.5. The lowest BCUT2D eigenvalue weighted by atomic mass is 9.44. The Balaban J connectivity index is 1.51. The van der Waals surface area contributed by atoms with Crippen molar-refractivity contribution in [2.45, 2.75) is 104 Å². The van der Waals surface area contributed by atoms with Crippen molar-refractivity contribution in [1.29, 1.82) is 0 Å². The van der Waals surface area contributed by atoms with Crippen LogP contribution in [-0.2, 0) is 4.79 Å². The van der Waals surface area contributed by atoms with E-state index in [1.54, 1.807) is 13.0 Å². The van der Waals surface area contributed by atoms with E-state index in [4.69, 9.17) is 0 Å². The van der Waals surface area contributed by atoms with Gasteiger partial charge in [0.05, 0.1) is 6.10 Å². The molecule has 2 N–H and O–H groups in total. The number of hydrogen-bond donors (Lipinski definition) is 2.